The molecule has 0 radical (unpaired) electrons. The molecule has 1 saturated carbocycles. The maximum atomic E-state index is 5.71. The number of hydrogen-bond acceptors (Lipinski definition) is 3. The molecular weight excluding hydrogens is 226 g/mol. The first-order valence-electron chi connectivity index (χ1n) is 6.69. The van der Waals surface area contributed by atoms with E-state index in [-0.39, 0.29) is 0 Å². The van der Waals surface area contributed by atoms with Gasteiger partial charge in [0.2, 0.25) is 0 Å². The molecular formula is C15H23NO2. The molecule has 1 aromatic heterocycles. The van der Waals surface area contributed by atoms with Crippen LogP contribution in [0.15, 0.2) is 22.6 Å². The highest BCUT2D eigenvalue weighted by atomic mass is 16.5. The number of furan rings is 1. The smallest absolute Gasteiger partial charge is 0.118 e. The molecule has 0 atom stereocenters. The highest BCUT2D eigenvalue weighted by Crippen LogP contribution is 2.21. The summed E-state index contributed by atoms with van der Waals surface area (Å²) in [6.07, 6.45) is 3.53. The quantitative estimate of drug-likeness (QED) is 0.567. The Labute approximate surface area is 109 Å². The molecule has 3 nitrogen and oxygen atoms in total. The number of aryl methyl sites for hydroxylation is 1. The Morgan fingerprint density at radius 3 is 3.00 bits per heavy atom. The van der Waals surface area contributed by atoms with Gasteiger partial charge in [-0.2, -0.15) is 0 Å². The first kappa shape index (κ1) is 13.4. The zero-order valence-electron chi connectivity index (χ0n) is 11.4. The molecule has 1 N–H and O–H groups in total. The lowest BCUT2D eigenvalue weighted by Crippen LogP contribution is -2.14. The van der Waals surface area contributed by atoms with Crippen molar-refractivity contribution in [2.24, 2.45) is 0 Å². The molecule has 1 aromatic rings. The molecule has 1 heterocycles. The maximum Gasteiger partial charge on any atom is 0.118 e. The van der Waals surface area contributed by atoms with E-state index >= 15 is 0 Å². The van der Waals surface area contributed by atoms with Crippen LogP contribution in [0.2, 0.25) is 0 Å². The van der Waals surface area contributed by atoms with Gasteiger partial charge in [-0.25, -0.2) is 0 Å². The summed E-state index contributed by atoms with van der Waals surface area (Å²) in [5.41, 5.74) is 2.32. The fourth-order valence-electron chi connectivity index (χ4n) is 1.78. The fraction of sp³-hybridized carbons (Fsp3) is 0.600. The molecule has 100 valence electrons. The molecule has 0 aromatic carbocycles. The van der Waals surface area contributed by atoms with Gasteiger partial charge < -0.3 is 14.5 Å². The van der Waals surface area contributed by atoms with Gasteiger partial charge in [-0.3, -0.25) is 0 Å². The van der Waals surface area contributed by atoms with E-state index in [9.17, 15) is 0 Å². The second-order valence-electron chi connectivity index (χ2n) is 5.21. The van der Waals surface area contributed by atoms with Crippen LogP contribution in [-0.2, 0) is 17.9 Å². The zero-order valence-corrected chi connectivity index (χ0v) is 11.4. The summed E-state index contributed by atoms with van der Waals surface area (Å²) in [5.74, 6) is 1.98. The van der Waals surface area contributed by atoms with Gasteiger partial charge in [-0.15, -0.1) is 6.58 Å². The number of nitrogens with one attached hydrogen (secondary N) is 1. The molecule has 0 aliphatic heterocycles. The third-order valence-corrected chi connectivity index (χ3v) is 3.14. The summed E-state index contributed by atoms with van der Waals surface area (Å²) in [5, 5.41) is 3.45. The van der Waals surface area contributed by atoms with E-state index in [0.29, 0.717) is 12.6 Å². The molecule has 0 bridgehead atoms. The zero-order chi connectivity index (χ0) is 13.0. The molecule has 1 fully saturated rings. The van der Waals surface area contributed by atoms with Crippen molar-refractivity contribution in [2.45, 2.75) is 52.3 Å². The van der Waals surface area contributed by atoms with Crippen molar-refractivity contribution in [3.8, 4) is 0 Å². The van der Waals surface area contributed by atoms with Gasteiger partial charge in [0.15, 0.2) is 0 Å². The lowest BCUT2D eigenvalue weighted by atomic mass is 10.2. The van der Waals surface area contributed by atoms with Crippen LogP contribution in [0.1, 0.15) is 43.3 Å². The van der Waals surface area contributed by atoms with Crippen molar-refractivity contribution in [1.82, 2.24) is 5.32 Å². The predicted molar refractivity (Wildman–Crippen MR) is 72.4 cm³/mol. The second kappa shape index (κ2) is 6.21. The lowest BCUT2D eigenvalue weighted by molar-refractivity contribution is 0.123. The van der Waals surface area contributed by atoms with Crippen LogP contribution in [0, 0.1) is 6.92 Å². The van der Waals surface area contributed by atoms with Crippen LogP contribution in [0.25, 0.3) is 0 Å². The molecule has 18 heavy (non-hydrogen) atoms. The SMILES string of the molecule is C=C(C)CCOCc1cc(CNC2CC2)oc1C. The van der Waals surface area contributed by atoms with Gasteiger partial charge in [-0.05, 0) is 39.2 Å². The average Bonchev–Trinajstić information content (AvgIpc) is 3.07. The number of ether oxygens (including phenoxy) is 1. The van der Waals surface area contributed by atoms with E-state index in [1.807, 2.05) is 13.8 Å². The van der Waals surface area contributed by atoms with Crippen LogP contribution in [0.3, 0.4) is 0 Å². The Bertz CT molecular complexity index is 405. The third kappa shape index (κ3) is 4.31. The molecule has 0 saturated heterocycles. The summed E-state index contributed by atoms with van der Waals surface area (Å²) in [6, 6.07) is 2.82. The van der Waals surface area contributed by atoms with Crippen LogP contribution in [0.5, 0.6) is 0 Å². The molecule has 3 heteroatoms. The Balaban J connectivity index is 1.74. The minimum absolute atomic E-state index is 0.631. The molecule has 2 rings (SSSR count). The van der Waals surface area contributed by atoms with Gasteiger partial charge in [0.1, 0.15) is 11.5 Å². The Hall–Kier alpha value is -1.06. The summed E-state index contributed by atoms with van der Waals surface area (Å²) in [7, 11) is 0. The van der Waals surface area contributed by atoms with Gasteiger partial charge in [-0.1, -0.05) is 5.57 Å². The van der Waals surface area contributed by atoms with Crippen molar-refractivity contribution in [1.29, 1.82) is 0 Å². The minimum Gasteiger partial charge on any atom is -0.465 e. The van der Waals surface area contributed by atoms with Crippen molar-refractivity contribution in [3.05, 3.63) is 35.3 Å². The van der Waals surface area contributed by atoms with Gasteiger partial charge in [0.25, 0.3) is 0 Å². The third-order valence-electron chi connectivity index (χ3n) is 3.14. The van der Waals surface area contributed by atoms with Gasteiger partial charge in [0.05, 0.1) is 19.8 Å². The standard InChI is InChI=1S/C15H23NO2/c1-11(2)6-7-17-10-13-8-15(18-12(13)3)9-16-14-4-5-14/h8,14,16H,1,4-7,9-10H2,2-3H3. The minimum atomic E-state index is 0.631. The summed E-state index contributed by atoms with van der Waals surface area (Å²) < 4.78 is 11.3. The fourth-order valence-corrected chi connectivity index (χ4v) is 1.78. The van der Waals surface area contributed by atoms with E-state index in [1.54, 1.807) is 0 Å². The molecule has 0 unspecified atom stereocenters. The number of hydrogen-bond donors (Lipinski definition) is 1. The van der Waals surface area contributed by atoms with E-state index in [4.69, 9.17) is 9.15 Å². The van der Waals surface area contributed by atoms with E-state index in [0.717, 1.165) is 42.2 Å². The van der Waals surface area contributed by atoms with Crippen LogP contribution < -0.4 is 5.32 Å². The van der Waals surface area contributed by atoms with E-state index in [2.05, 4.69) is 18.0 Å². The summed E-state index contributed by atoms with van der Waals surface area (Å²) in [6.45, 7) is 10.1. The highest BCUT2D eigenvalue weighted by molar-refractivity contribution is 5.20. The van der Waals surface area contributed by atoms with Crippen LogP contribution in [-0.4, -0.2) is 12.6 Å². The van der Waals surface area contributed by atoms with Crippen molar-refractivity contribution in [2.75, 3.05) is 6.61 Å². The van der Waals surface area contributed by atoms with Gasteiger partial charge >= 0.3 is 0 Å². The van der Waals surface area contributed by atoms with Crippen molar-refractivity contribution in [3.63, 3.8) is 0 Å². The molecule has 0 spiro atoms. The van der Waals surface area contributed by atoms with Crippen LogP contribution >= 0.6 is 0 Å². The Morgan fingerprint density at radius 2 is 2.33 bits per heavy atom. The normalized spacial score (nSPS) is 15.0. The van der Waals surface area contributed by atoms with Crippen molar-refractivity contribution < 1.29 is 9.15 Å². The van der Waals surface area contributed by atoms with Crippen molar-refractivity contribution >= 4 is 0 Å². The monoisotopic (exact) mass is 249 g/mol. The molecule has 1 aliphatic rings. The first-order chi connectivity index (χ1) is 8.65. The van der Waals surface area contributed by atoms with E-state index in [1.165, 1.54) is 12.8 Å². The highest BCUT2D eigenvalue weighted by Gasteiger charge is 2.20. The summed E-state index contributed by atoms with van der Waals surface area (Å²) >= 11 is 0. The number of rotatable bonds is 8. The summed E-state index contributed by atoms with van der Waals surface area (Å²) in [4.78, 5) is 0. The maximum absolute atomic E-state index is 5.71. The topological polar surface area (TPSA) is 34.4 Å². The lowest BCUT2D eigenvalue weighted by Gasteiger charge is -2.02. The second-order valence-corrected chi connectivity index (χ2v) is 5.21. The van der Waals surface area contributed by atoms with Crippen LogP contribution in [0.4, 0.5) is 0 Å². The predicted octanol–water partition coefficient (Wildman–Crippen LogP) is 3.32. The van der Waals surface area contributed by atoms with Gasteiger partial charge in [0, 0.05) is 11.6 Å². The molecule has 0 amide bonds. The van der Waals surface area contributed by atoms with E-state index < -0.39 is 0 Å². The first-order valence-corrected chi connectivity index (χ1v) is 6.69. The average molecular weight is 249 g/mol. The largest absolute Gasteiger partial charge is 0.465 e. The Morgan fingerprint density at radius 1 is 1.56 bits per heavy atom. The molecule has 1 aliphatic carbocycles. The Kier molecular flexibility index (Phi) is 4.61.